The van der Waals surface area contributed by atoms with Crippen molar-refractivity contribution in [3.63, 3.8) is 0 Å². The Hall–Kier alpha value is -1.30. The largest absolute Gasteiger partial charge is 0.464 e. The van der Waals surface area contributed by atoms with Crippen molar-refractivity contribution in [1.82, 2.24) is 4.90 Å². The molecule has 0 aromatic rings. The zero-order valence-electron chi connectivity index (χ0n) is 10.9. The zero-order chi connectivity index (χ0) is 13.5. The molecule has 1 fully saturated rings. The van der Waals surface area contributed by atoms with Gasteiger partial charge in [0.25, 0.3) is 0 Å². The van der Waals surface area contributed by atoms with Crippen molar-refractivity contribution in [2.45, 2.75) is 32.7 Å². The number of carbonyl (C=O) groups is 2. The van der Waals surface area contributed by atoms with Gasteiger partial charge in [0.1, 0.15) is 6.04 Å². The molecule has 2 unspecified atom stereocenters. The maximum Gasteiger partial charge on any atom is 0.410 e. The molecule has 1 aliphatic rings. The van der Waals surface area contributed by atoms with Crippen LogP contribution in [0.5, 0.6) is 0 Å². The number of rotatable bonds is 4. The quantitative estimate of drug-likeness (QED) is 0.755. The van der Waals surface area contributed by atoms with Gasteiger partial charge in [-0.2, -0.15) is 0 Å². The van der Waals surface area contributed by atoms with Gasteiger partial charge in [-0.25, -0.2) is 9.59 Å². The first kappa shape index (κ1) is 14.8. The Labute approximate surface area is 107 Å². The fourth-order valence-electron chi connectivity index (χ4n) is 2.09. The van der Waals surface area contributed by atoms with Gasteiger partial charge >= 0.3 is 12.1 Å². The van der Waals surface area contributed by atoms with E-state index < -0.39 is 18.1 Å². The second kappa shape index (κ2) is 7.20. The summed E-state index contributed by atoms with van der Waals surface area (Å²) in [5.74, 6) is -0.395. The van der Waals surface area contributed by atoms with Crippen molar-refractivity contribution in [3.8, 4) is 0 Å². The normalized spacial score (nSPS) is 23.6. The second-order valence-electron chi connectivity index (χ2n) is 4.23. The summed E-state index contributed by atoms with van der Waals surface area (Å²) in [5, 5.41) is 9.16. The maximum atomic E-state index is 11.8. The first-order chi connectivity index (χ1) is 8.63. The van der Waals surface area contributed by atoms with Crippen molar-refractivity contribution in [2.75, 3.05) is 26.4 Å². The Morgan fingerprint density at radius 2 is 1.94 bits per heavy atom. The van der Waals surface area contributed by atoms with Crippen molar-refractivity contribution in [3.05, 3.63) is 0 Å². The lowest BCUT2D eigenvalue weighted by Crippen LogP contribution is -2.51. The molecule has 2 atom stereocenters. The average molecular weight is 259 g/mol. The molecule has 0 aliphatic carbocycles. The summed E-state index contributed by atoms with van der Waals surface area (Å²) in [6.07, 6.45) is 0.603. The third-order valence-corrected chi connectivity index (χ3v) is 3.03. The van der Waals surface area contributed by atoms with Crippen LogP contribution in [0.1, 0.15) is 26.7 Å². The summed E-state index contributed by atoms with van der Waals surface area (Å²) in [6.45, 7) is 4.42. The van der Waals surface area contributed by atoms with E-state index >= 15 is 0 Å². The van der Waals surface area contributed by atoms with E-state index in [0.29, 0.717) is 19.4 Å². The van der Waals surface area contributed by atoms with Gasteiger partial charge in [-0.05, 0) is 32.6 Å². The van der Waals surface area contributed by atoms with Crippen LogP contribution in [-0.2, 0) is 14.3 Å². The van der Waals surface area contributed by atoms with E-state index in [9.17, 15) is 9.59 Å². The van der Waals surface area contributed by atoms with Gasteiger partial charge in [0.15, 0.2) is 0 Å². The SMILES string of the molecule is CCOC(=O)C1CC(CO)CCN1C(=O)OCC. The number of nitrogens with zero attached hydrogens (tertiary/aromatic N) is 1. The molecule has 6 nitrogen and oxygen atoms in total. The van der Waals surface area contributed by atoms with E-state index in [2.05, 4.69) is 0 Å². The van der Waals surface area contributed by atoms with Crippen molar-refractivity contribution < 1.29 is 24.2 Å². The minimum atomic E-state index is -0.644. The molecule has 1 amide bonds. The van der Waals surface area contributed by atoms with Crippen LogP contribution in [-0.4, -0.2) is 54.5 Å². The van der Waals surface area contributed by atoms with Gasteiger partial charge in [0, 0.05) is 13.2 Å². The van der Waals surface area contributed by atoms with E-state index in [-0.39, 0.29) is 25.7 Å². The molecule has 1 rings (SSSR count). The first-order valence-electron chi connectivity index (χ1n) is 6.34. The summed E-state index contributed by atoms with van der Waals surface area (Å²) in [6, 6.07) is -0.644. The number of esters is 1. The minimum Gasteiger partial charge on any atom is -0.464 e. The summed E-state index contributed by atoms with van der Waals surface area (Å²) in [4.78, 5) is 25.0. The number of aliphatic hydroxyl groups excluding tert-OH is 1. The number of piperidine rings is 1. The highest BCUT2D eigenvalue weighted by molar-refractivity contribution is 5.81. The van der Waals surface area contributed by atoms with Crippen LogP contribution in [0.4, 0.5) is 4.79 Å². The maximum absolute atomic E-state index is 11.8. The molecule has 6 heteroatoms. The van der Waals surface area contributed by atoms with Gasteiger partial charge < -0.3 is 14.6 Å². The monoisotopic (exact) mass is 259 g/mol. The third kappa shape index (κ3) is 3.60. The van der Waals surface area contributed by atoms with Crippen LogP contribution in [0.25, 0.3) is 0 Å². The summed E-state index contributed by atoms with van der Waals surface area (Å²) in [7, 11) is 0. The molecule has 0 spiro atoms. The van der Waals surface area contributed by atoms with E-state index in [1.165, 1.54) is 4.90 Å². The molecule has 0 bridgehead atoms. The molecule has 0 aromatic carbocycles. The number of hydrogen-bond donors (Lipinski definition) is 1. The van der Waals surface area contributed by atoms with Gasteiger partial charge in [-0.1, -0.05) is 0 Å². The molecule has 1 heterocycles. The molecule has 0 radical (unpaired) electrons. The standard InChI is InChI=1S/C12H21NO5/c1-3-17-11(15)10-7-9(8-14)5-6-13(10)12(16)18-4-2/h9-10,14H,3-8H2,1-2H3. The van der Waals surface area contributed by atoms with Crippen molar-refractivity contribution in [2.24, 2.45) is 5.92 Å². The van der Waals surface area contributed by atoms with Gasteiger partial charge in [-0.3, -0.25) is 4.90 Å². The second-order valence-corrected chi connectivity index (χ2v) is 4.23. The average Bonchev–Trinajstić information content (AvgIpc) is 2.38. The van der Waals surface area contributed by atoms with Crippen LogP contribution in [0.3, 0.4) is 0 Å². The van der Waals surface area contributed by atoms with E-state index in [0.717, 1.165) is 0 Å². The molecule has 0 saturated carbocycles. The predicted molar refractivity (Wildman–Crippen MR) is 64.0 cm³/mol. The van der Waals surface area contributed by atoms with Gasteiger partial charge in [0.2, 0.25) is 0 Å². The molecule has 0 aromatic heterocycles. The predicted octanol–water partition coefficient (Wildman–Crippen LogP) is 0.779. The number of hydrogen-bond acceptors (Lipinski definition) is 5. The molecule has 1 aliphatic heterocycles. The van der Waals surface area contributed by atoms with Crippen LogP contribution < -0.4 is 0 Å². The lowest BCUT2D eigenvalue weighted by atomic mass is 9.92. The molecular formula is C12H21NO5. The van der Waals surface area contributed by atoms with Crippen LogP contribution in [0, 0.1) is 5.92 Å². The number of amides is 1. The summed E-state index contributed by atoms with van der Waals surface area (Å²) < 4.78 is 9.89. The molecule has 104 valence electrons. The number of aliphatic hydroxyl groups is 1. The van der Waals surface area contributed by atoms with E-state index in [1.54, 1.807) is 13.8 Å². The highest BCUT2D eigenvalue weighted by Gasteiger charge is 2.37. The Kier molecular flexibility index (Phi) is 5.91. The van der Waals surface area contributed by atoms with Gasteiger partial charge in [0.05, 0.1) is 13.2 Å². The number of carbonyl (C=O) groups excluding carboxylic acids is 2. The van der Waals surface area contributed by atoms with Crippen LogP contribution >= 0.6 is 0 Å². The van der Waals surface area contributed by atoms with E-state index in [4.69, 9.17) is 14.6 Å². The molecule has 18 heavy (non-hydrogen) atoms. The smallest absolute Gasteiger partial charge is 0.410 e. The fourth-order valence-corrected chi connectivity index (χ4v) is 2.09. The van der Waals surface area contributed by atoms with Crippen LogP contribution in [0.15, 0.2) is 0 Å². The Balaban J connectivity index is 2.73. The number of ether oxygens (including phenoxy) is 2. The van der Waals surface area contributed by atoms with Crippen molar-refractivity contribution >= 4 is 12.1 Å². The van der Waals surface area contributed by atoms with E-state index in [1.807, 2.05) is 0 Å². The van der Waals surface area contributed by atoms with Gasteiger partial charge in [-0.15, -0.1) is 0 Å². The lowest BCUT2D eigenvalue weighted by Gasteiger charge is -2.36. The molecule has 1 saturated heterocycles. The minimum absolute atomic E-state index is 0.0204. The highest BCUT2D eigenvalue weighted by Crippen LogP contribution is 2.24. The molecule has 1 N–H and O–H groups in total. The molecular weight excluding hydrogens is 238 g/mol. The summed E-state index contributed by atoms with van der Waals surface area (Å²) >= 11 is 0. The fraction of sp³-hybridized carbons (Fsp3) is 0.833. The Morgan fingerprint density at radius 3 is 2.50 bits per heavy atom. The number of likely N-dealkylation sites (tertiary alicyclic amines) is 1. The topological polar surface area (TPSA) is 76.1 Å². The Bertz CT molecular complexity index is 294. The summed E-state index contributed by atoms with van der Waals surface area (Å²) in [5.41, 5.74) is 0. The highest BCUT2D eigenvalue weighted by atomic mass is 16.6. The van der Waals surface area contributed by atoms with Crippen molar-refractivity contribution in [1.29, 1.82) is 0 Å². The first-order valence-corrected chi connectivity index (χ1v) is 6.34. The van der Waals surface area contributed by atoms with Crippen LogP contribution in [0.2, 0.25) is 0 Å². The third-order valence-electron chi connectivity index (χ3n) is 3.03. The lowest BCUT2D eigenvalue weighted by molar-refractivity contribution is -0.151. The Morgan fingerprint density at radius 1 is 1.28 bits per heavy atom. The zero-order valence-corrected chi connectivity index (χ0v) is 10.9.